The van der Waals surface area contributed by atoms with Crippen molar-refractivity contribution in [2.75, 3.05) is 0 Å². The zero-order valence-corrected chi connectivity index (χ0v) is 8.73. The van der Waals surface area contributed by atoms with E-state index in [-0.39, 0.29) is 0 Å². The molecule has 0 saturated heterocycles. The second-order valence-corrected chi connectivity index (χ2v) is 4.20. The number of rotatable bonds is 3. The van der Waals surface area contributed by atoms with Crippen LogP contribution in [0.15, 0.2) is 30.3 Å². The highest BCUT2D eigenvalue weighted by molar-refractivity contribution is 7.83. The molecule has 1 aromatic rings. The molecule has 1 aromatic carbocycles. The van der Waals surface area contributed by atoms with E-state index in [1.54, 1.807) is 30.3 Å². The van der Waals surface area contributed by atoms with Crippen LogP contribution in [-0.2, 0) is 11.0 Å². The lowest BCUT2D eigenvalue weighted by Gasteiger charge is -2.14. The van der Waals surface area contributed by atoms with E-state index in [2.05, 4.69) is 0 Å². The van der Waals surface area contributed by atoms with Gasteiger partial charge in [0.15, 0.2) is 11.0 Å². The van der Waals surface area contributed by atoms with Crippen molar-refractivity contribution in [3.8, 4) is 0 Å². The molecule has 1 unspecified atom stereocenters. The maximum absolute atomic E-state index is 12.0. The lowest BCUT2D eigenvalue weighted by molar-refractivity contribution is -0.0396. The van der Waals surface area contributed by atoms with Gasteiger partial charge in [0.25, 0.3) is 0 Å². The number of halogens is 3. The van der Waals surface area contributed by atoms with Crippen molar-refractivity contribution in [2.24, 2.45) is 0 Å². The standard InChI is InChI=1S/C9H10F3NOS/c1-7(8-5-3-2-4-6-8)13-15(14)9(10,11)12/h2-7,13H,1H3/t7-,15?/m0/s1. The fraction of sp³-hybridized carbons (Fsp3) is 0.333. The molecule has 2 atom stereocenters. The van der Waals surface area contributed by atoms with E-state index in [0.717, 1.165) is 0 Å². The summed E-state index contributed by atoms with van der Waals surface area (Å²) in [6.45, 7) is 1.53. The number of nitrogens with one attached hydrogen (secondary N) is 1. The Bertz CT molecular complexity index is 339. The maximum atomic E-state index is 12.0. The quantitative estimate of drug-likeness (QED) is 0.859. The van der Waals surface area contributed by atoms with Gasteiger partial charge in [-0.15, -0.1) is 0 Å². The Morgan fingerprint density at radius 1 is 1.27 bits per heavy atom. The summed E-state index contributed by atoms with van der Waals surface area (Å²) in [5.74, 6) is 0. The van der Waals surface area contributed by atoms with Crippen LogP contribution < -0.4 is 4.72 Å². The Morgan fingerprint density at radius 2 is 1.80 bits per heavy atom. The second-order valence-electron chi connectivity index (χ2n) is 2.96. The van der Waals surface area contributed by atoms with E-state index in [4.69, 9.17) is 0 Å². The van der Waals surface area contributed by atoms with Gasteiger partial charge in [-0.2, -0.15) is 13.2 Å². The van der Waals surface area contributed by atoms with Gasteiger partial charge in [0.05, 0.1) is 0 Å². The minimum absolute atomic E-state index is 0.603. The first-order valence-corrected chi connectivity index (χ1v) is 5.36. The van der Waals surface area contributed by atoms with E-state index in [0.29, 0.717) is 5.56 Å². The highest BCUT2D eigenvalue weighted by Gasteiger charge is 2.37. The first-order valence-electron chi connectivity index (χ1n) is 4.21. The molecule has 0 aliphatic rings. The average Bonchev–Trinajstić information content (AvgIpc) is 2.17. The molecule has 0 aliphatic carbocycles. The maximum Gasteiger partial charge on any atom is 0.485 e. The van der Waals surface area contributed by atoms with Crippen LogP contribution in [0.5, 0.6) is 0 Å². The summed E-state index contributed by atoms with van der Waals surface area (Å²) in [6.07, 6.45) is 0. The number of alkyl halides is 3. The summed E-state index contributed by atoms with van der Waals surface area (Å²) in [4.78, 5) is 0. The van der Waals surface area contributed by atoms with Crippen molar-refractivity contribution in [3.05, 3.63) is 35.9 Å². The van der Waals surface area contributed by atoms with Crippen molar-refractivity contribution in [2.45, 2.75) is 18.5 Å². The summed E-state index contributed by atoms with van der Waals surface area (Å²) in [5, 5.41) is 0. The largest absolute Gasteiger partial charge is 0.485 e. The Labute approximate surface area is 88.1 Å². The van der Waals surface area contributed by atoms with Crippen molar-refractivity contribution < 1.29 is 17.4 Å². The Balaban J connectivity index is 2.65. The van der Waals surface area contributed by atoms with E-state index in [9.17, 15) is 17.4 Å². The Hall–Kier alpha value is -0.880. The van der Waals surface area contributed by atoms with E-state index < -0.39 is 22.5 Å². The van der Waals surface area contributed by atoms with Gasteiger partial charge in [-0.1, -0.05) is 30.3 Å². The van der Waals surface area contributed by atoms with Gasteiger partial charge in [0, 0.05) is 6.04 Å². The number of hydrogen-bond donors (Lipinski definition) is 1. The van der Waals surface area contributed by atoms with Crippen LogP contribution in [0.3, 0.4) is 0 Å². The third-order valence-electron chi connectivity index (χ3n) is 1.79. The molecule has 0 radical (unpaired) electrons. The molecule has 1 N–H and O–H groups in total. The molecule has 6 heteroatoms. The second kappa shape index (κ2) is 4.76. The van der Waals surface area contributed by atoms with Gasteiger partial charge in [0.1, 0.15) is 0 Å². The van der Waals surface area contributed by atoms with E-state index in [1.165, 1.54) is 6.92 Å². The van der Waals surface area contributed by atoms with Gasteiger partial charge in [-0.3, -0.25) is 0 Å². The number of benzene rings is 1. The molecule has 0 fully saturated rings. The molecule has 84 valence electrons. The average molecular weight is 237 g/mol. The zero-order chi connectivity index (χ0) is 11.5. The summed E-state index contributed by atoms with van der Waals surface area (Å²) < 4.78 is 48.6. The molecule has 0 amide bonds. The molecule has 15 heavy (non-hydrogen) atoms. The zero-order valence-electron chi connectivity index (χ0n) is 7.91. The van der Waals surface area contributed by atoms with E-state index in [1.807, 2.05) is 4.72 Å². The Kier molecular flexibility index (Phi) is 3.87. The summed E-state index contributed by atoms with van der Waals surface area (Å²) in [6, 6.07) is 7.93. The monoisotopic (exact) mass is 237 g/mol. The van der Waals surface area contributed by atoms with Gasteiger partial charge in [-0.05, 0) is 12.5 Å². The van der Waals surface area contributed by atoms with Crippen molar-refractivity contribution in [1.82, 2.24) is 4.72 Å². The number of hydrogen-bond acceptors (Lipinski definition) is 1. The Morgan fingerprint density at radius 3 is 2.27 bits per heavy atom. The summed E-state index contributed by atoms with van der Waals surface area (Å²) in [7, 11) is -3.02. The fourth-order valence-corrected chi connectivity index (χ4v) is 1.63. The molecule has 0 bridgehead atoms. The summed E-state index contributed by atoms with van der Waals surface area (Å²) in [5.41, 5.74) is -4.06. The van der Waals surface area contributed by atoms with Gasteiger partial charge in [0.2, 0.25) is 0 Å². The van der Waals surface area contributed by atoms with Crippen molar-refractivity contribution >= 4 is 11.0 Å². The van der Waals surface area contributed by atoms with Gasteiger partial charge >= 0.3 is 5.51 Å². The first kappa shape index (κ1) is 12.2. The highest BCUT2D eigenvalue weighted by Crippen LogP contribution is 2.21. The van der Waals surface area contributed by atoms with Crippen LogP contribution >= 0.6 is 0 Å². The minimum atomic E-state index is -4.72. The normalized spacial score (nSPS) is 16.0. The van der Waals surface area contributed by atoms with Gasteiger partial charge < -0.3 is 0 Å². The van der Waals surface area contributed by atoms with Crippen LogP contribution in [0.25, 0.3) is 0 Å². The third-order valence-corrected chi connectivity index (χ3v) is 2.78. The molecular formula is C9H10F3NOS. The highest BCUT2D eigenvalue weighted by atomic mass is 32.2. The van der Waals surface area contributed by atoms with Crippen LogP contribution in [0, 0.1) is 0 Å². The van der Waals surface area contributed by atoms with Crippen LogP contribution in [-0.4, -0.2) is 9.72 Å². The molecular weight excluding hydrogens is 227 g/mol. The fourth-order valence-electron chi connectivity index (χ4n) is 1.04. The smallest absolute Gasteiger partial charge is 0.234 e. The van der Waals surface area contributed by atoms with Gasteiger partial charge in [-0.25, -0.2) is 8.93 Å². The molecule has 0 aliphatic heterocycles. The SMILES string of the molecule is C[C@H](NS(=O)C(F)(F)F)c1ccccc1. The molecule has 2 nitrogen and oxygen atoms in total. The van der Waals surface area contributed by atoms with E-state index >= 15 is 0 Å². The predicted octanol–water partition coefficient (Wildman–Crippen LogP) is 2.52. The predicted molar refractivity (Wildman–Crippen MR) is 52.2 cm³/mol. The van der Waals surface area contributed by atoms with Crippen LogP contribution in [0.4, 0.5) is 13.2 Å². The minimum Gasteiger partial charge on any atom is -0.234 e. The lowest BCUT2D eigenvalue weighted by Crippen LogP contribution is -2.31. The van der Waals surface area contributed by atoms with Crippen LogP contribution in [0.1, 0.15) is 18.5 Å². The molecule has 0 aromatic heterocycles. The molecule has 1 rings (SSSR count). The van der Waals surface area contributed by atoms with Crippen molar-refractivity contribution in [1.29, 1.82) is 0 Å². The first-order chi connectivity index (χ1) is 6.91. The van der Waals surface area contributed by atoms with Crippen molar-refractivity contribution in [3.63, 3.8) is 0 Å². The lowest BCUT2D eigenvalue weighted by atomic mass is 10.1. The molecule has 0 saturated carbocycles. The molecule has 0 spiro atoms. The third kappa shape index (κ3) is 3.64. The topological polar surface area (TPSA) is 29.1 Å². The summed E-state index contributed by atoms with van der Waals surface area (Å²) >= 11 is 0. The van der Waals surface area contributed by atoms with Crippen LogP contribution in [0.2, 0.25) is 0 Å². The molecule has 0 heterocycles.